The van der Waals surface area contributed by atoms with Gasteiger partial charge in [-0.3, -0.25) is 9.78 Å². The lowest BCUT2D eigenvalue weighted by Gasteiger charge is -2.22. The maximum absolute atomic E-state index is 12.0. The van der Waals surface area contributed by atoms with Crippen molar-refractivity contribution in [2.45, 2.75) is 25.8 Å². The number of hydrogen-bond donors (Lipinski definition) is 1. The van der Waals surface area contributed by atoms with Crippen LogP contribution in [-0.2, 0) is 11.2 Å². The number of aromatic nitrogens is 1. The summed E-state index contributed by atoms with van der Waals surface area (Å²) >= 11 is 0. The summed E-state index contributed by atoms with van der Waals surface area (Å²) in [5.74, 6) is 0.214. The van der Waals surface area contributed by atoms with Crippen molar-refractivity contribution in [2.24, 2.45) is 0 Å². The maximum Gasteiger partial charge on any atom is 0.239 e. The van der Waals surface area contributed by atoms with Gasteiger partial charge in [0, 0.05) is 25.5 Å². The van der Waals surface area contributed by atoms with Gasteiger partial charge in [0.25, 0.3) is 0 Å². The molecular formula is C13H19N3O. The van der Waals surface area contributed by atoms with Crippen molar-refractivity contribution < 1.29 is 4.79 Å². The van der Waals surface area contributed by atoms with E-state index in [-0.39, 0.29) is 11.9 Å². The summed E-state index contributed by atoms with van der Waals surface area (Å²) in [5, 5.41) is 3.22. The van der Waals surface area contributed by atoms with Crippen molar-refractivity contribution in [1.29, 1.82) is 0 Å². The Kier molecular flexibility index (Phi) is 4.09. The molecule has 0 aliphatic carbocycles. The standard InChI is InChI=1S/C13H19N3O/c1-11-13(17)16(8-3-7-15-11)9-5-12-4-2-6-14-10-12/h2,4,6,10-11,15H,3,5,7-9H2,1H3. The van der Waals surface area contributed by atoms with Crippen LogP contribution in [0.5, 0.6) is 0 Å². The van der Waals surface area contributed by atoms with Gasteiger partial charge in [-0.2, -0.15) is 0 Å². The molecule has 1 atom stereocenters. The van der Waals surface area contributed by atoms with E-state index in [1.54, 1.807) is 6.20 Å². The van der Waals surface area contributed by atoms with Crippen LogP contribution in [0.3, 0.4) is 0 Å². The average Bonchev–Trinajstić information content (AvgIpc) is 2.52. The van der Waals surface area contributed by atoms with Crippen molar-refractivity contribution in [2.75, 3.05) is 19.6 Å². The molecule has 92 valence electrons. The molecule has 0 spiro atoms. The Hall–Kier alpha value is -1.42. The third kappa shape index (κ3) is 3.27. The minimum atomic E-state index is -0.0496. The van der Waals surface area contributed by atoms with Crippen LogP contribution in [0.15, 0.2) is 24.5 Å². The van der Waals surface area contributed by atoms with E-state index in [1.165, 1.54) is 5.56 Å². The van der Waals surface area contributed by atoms with Crippen LogP contribution in [-0.4, -0.2) is 41.5 Å². The second-order valence-electron chi connectivity index (χ2n) is 4.47. The van der Waals surface area contributed by atoms with E-state index in [1.807, 2.05) is 24.1 Å². The first-order chi connectivity index (χ1) is 8.27. The molecule has 2 rings (SSSR count). The molecule has 1 amide bonds. The zero-order valence-corrected chi connectivity index (χ0v) is 10.2. The van der Waals surface area contributed by atoms with E-state index in [2.05, 4.69) is 16.4 Å². The van der Waals surface area contributed by atoms with Gasteiger partial charge in [0.05, 0.1) is 6.04 Å². The van der Waals surface area contributed by atoms with Crippen molar-refractivity contribution in [3.8, 4) is 0 Å². The Morgan fingerprint density at radius 3 is 3.24 bits per heavy atom. The van der Waals surface area contributed by atoms with Crippen LogP contribution in [0.2, 0.25) is 0 Å². The van der Waals surface area contributed by atoms with E-state index in [0.717, 1.165) is 32.5 Å². The number of carbonyl (C=O) groups excluding carboxylic acids is 1. The topological polar surface area (TPSA) is 45.2 Å². The molecule has 17 heavy (non-hydrogen) atoms. The van der Waals surface area contributed by atoms with Gasteiger partial charge in [-0.05, 0) is 37.9 Å². The molecule has 0 radical (unpaired) electrons. The van der Waals surface area contributed by atoms with Crippen molar-refractivity contribution in [1.82, 2.24) is 15.2 Å². The molecule has 2 heterocycles. The molecule has 0 bridgehead atoms. The molecule has 1 aromatic rings. The lowest BCUT2D eigenvalue weighted by molar-refractivity contribution is -0.132. The number of nitrogens with one attached hydrogen (secondary N) is 1. The first-order valence-corrected chi connectivity index (χ1v) is 6.18. The maximum atomic E-state index is 12.0. The van der Waals surface area contributed by atoms with Crippen LogP contribution < -0.4 is 5.32 Å². The smallest absolute Gasteiger partial charge is 0.239 e. The summed E-state index contributed by atoms with van der Waals surface area (Å²) in [7, 11) is 0. The van der Waals surface area contributed by atoms with E-state index in [4.69, 9.17) is 0 Å². The second kappa shape index (κ2) is 5.77. The van der Waals surface area contributed by atoms with Crippen molar-refractivity contribution in [3.63, 3.8) is 0 Å². The zero-order chi connectivity index (χ0) is 12.1. The third-order valence-corrected chi connectivity index (χ3v) is 3.13. The molecule has 1 unspecified atom stereocenters. The predicted molar refractivity (Wildman–Crippen MR) is 66.6 cm³/mol. The minimum absolute atomic E-state index is 0.0496. The zero-order valence-electron chi connectivity index (χ0n) is 10.2. The molecule has 1 aromatic heterocycles. The number of hydrogen-bond acceptors (Lipinski definition) is 3. The largest absolute Gasteiger partial charge is 0.341 e. The number of pyridine rings is 1. The fourth-order valence-corrected chi connectivity index (χ4v) is 2.09. The fourth-order valence-electron chi connectivity index (χ4n) is 2.09. The molecule has 1 saturated heterocycles. The minimum Gasteiger partial charge on any atom is -0.341 e. The second-order valence-corrected chi connectivity index (χ2v) is 4.47. The summed E-state index contributed by atoms with van der Waals surface area (Å²) < 4.78 is 0. The molecule has 0 saturated carbocycles. The predicted octanol–water partition coefficient (Wildman–Crippen LogP) is 0.834. The summed E-state index contributed by atoms with van der Waals surface area (Å²) in [6.45, 7) is 4.51. The molecular weight excluding hydrogens is 214 g/mol. The summed E-state index contributed by atoms with van der Waals surface area (Å²) in [6, 6.07) is 3.94. The van der Waals surface area contributed by atoms with E-state index < -0.39 is 0 Å². The Morgan fingerprint density at radius 1 is 1.59 bits per heavy atom. The van der Waals surface area contributed by atoms with Crippen molar-refractivity contribution >= 4 is 5.91 Å². The summed E-state index contributed by atoms with van der Waals surface area (Å²) in [4.78, 5) is 18.1. The van der Waals surface area contributed by atoms with E-state index in [9.17, 15) is 4.79 Å². The highest BCUT2D eigenvalue weighted by molar-refractivity contribution is 5.81. The normalized spacial score (nSPS) is 21.4. The third-order valence-electron chi connectivity index (χ3n) is 3.13. The van der Waals surface area contributed by atoms with Gasteiger partial charge in [-0.15, -0.1) is 0 Å². The van der Waals surface area contributed by atoms with Gasteiger partial charge in [0.1, 0.15) is 0 Å². The van der Waals surface area contributed by atoms with Crippen LogP contribution >= 0.6 is 0 Å². The lowest BCUT2D eigenvalue weighted by atomic mass is 10.2. The first-order valence-electron chi connectivity index (χ1n) is 6.18. The number of nitrogens with zero attached hydrogens (tertiary/aromatic N) is 2. The summed E-state index contributed by atoms with van der Waals surface area (Å²) in [6.07, 6.45) is 5.55. The van der Waals surface area contributed by atoms with Crippen LogP contribution in [0.1, 0.15) is 18.9 Å². The summed E-state index contributed by atoms with van der Waals surface area (Å²) in [5.41, 5.74) is 1.19. The Bertz CT molecular complexity index is 366. The van der Waals surface area contributed by atoms with Crippen LogP contribution in [0.25, 0.3) is 0 Å². The SMILES string of the molecule is CC1NCCCN(CCc2cccnc2)C1=O. The van der Waals surface area contributed by atoms with E-state index in [0.29, 0.717) is 0 Å². The number of amides is 1. The highest BCUT2D eigenvalue weighted by atomic mass is 16.2. The number of carbonyl (C=O) groups is 1. The van der Waals surface area contributed by atoms with Gasteiger partial charge < -0.3 is 10.2 Å². The van der Waals surface area contributed by atoms with Gasteiger partial charge in [-0.1, -0.05) is 6.07 Å². The highest BCUT2D eigenvalue weighted by Crippen LogP contribution is 2.05. The molecule has 1 aliphatic heterocycles. The van der Waals surface area contributed by atoms with Gasteiger partial charge in [0.2, 0.25) is 5.91 Å². The molecule has 1 aliphatic rings. The van der Waals surface area contributed by atoms with Crippen LogP contribution in [0, 0.1) is 0 Å². The molecule has 0 aromatic carbocycles. The molecule has 1 N–H and O–H groups in total. The van der Waals surface area contributed by atoms with Gasteiger partial charge in [-0.25, -0.2) is 0 Å². The Balaban J connectivity index is 1.91. The molecule has 4 nitrogen and oxygen atoms in total. The Labute approximate surface area is 102 Å². The first kappa shape index (κ1) is 12.0. The van der Waals surface area contributed by atoms with Crippen LogP contribution in [0.4, 0.5) is 0 Å². The average molecular weight is 233 g/mol. The Morgan fingerprint density at radius 2 is 2.47 bits per heavy atom. The molecule has 1 fully saturated rings. The number of rotatable bonds is 3. The van der Waals surface area contributed by atoms with Crippen molar-refractivity contribution in [3.05, 3.63) is 30.1 Å². The van der Waals surface area contributed by atoms with E-state index >= 15 is 0 Å². The fraction of sp³-hybridized carbons (Fsp3) is 0.538. The monoisotopic (exact) mass is 233 g/mol. The molecule has 4 heteroatoms. The van der Waals surface area contributed by atoms with Gasteiger partial charge >= 0.3 is 0 Å². The lowest BCUT2D eigenvalue weighted by Crippen LogP contribution is -2.42. The quantitative estimate of drug-likeness (QED) is 0.841. The highest BCUT2D eigenvalue weighted by Gasteiger charge is 2.22. The van der Waals surface area contributed by atoms with Gasteiger partial charge in [0.15, 0.2) is 0 Å².